The standard InChI is InChI=1S/C27H33N3OS/c1-16(2)30-23-12-11-20(13-21(23)18(4)15-27(30,6)7)14-24-25(31)29-26(32-24)28-22-10-8-9-17(3)19(22)5/h8-14,16,18H,15H2,1-7H3,(H,28,29,31)/b24-14-/t18-/m1/s1. The minimum absolute atomic E-state index is 0.0882. The number of nitrogens with zero attached hydrogens (tertiary/aromatic N) is 2. The van der Waals surface area contributed by atoms with Crippen molar-refractivity contribution in [3.63, 3.8) is 0 Å². The number of aliphatic imine (C=N–C) groups is 1. The van der Waals surface area contributed by atoms with Crippen molar-refractivity contribution in [3.05, 3.63) is 63.6 Å². The van der Waals surface area contributed by atoms with Gasteiger partial charge < -0.3 is 10.2 Å². The molecular formula is C27H33N3OS. The average molecular weight is 448 g/mol. The van der Waals surface area contributed by atoms with Crippen LogP contribution in [0.1, 0.15) is 69.2 Å². The molecule has 0 aliphatic carbocycles. The molecule has 4 nitrogen and oxygen atoms in total. The van der Waals surface area contributed by atoms with Crippen LogP contribution in [-0.2, 0) is 4.79 Å². The number of carbonyl (C=O) groups excluding carboxylic acids is 1. The molecule has 0 bridgehead atoms. The highest BCUT2D eigenvalue weighted by Gasteiger charge is 2.37. The van der Waals surface area contributed by atoms with Gasteiger partial charge in [-0.05, 0) is 112 Å². The maximum Gasteiger partial charge on any atom is 0.264 e. The molecule has 1 atom stereocenters. The number of nitrogens with one attached hydrogen (secondary N) is 1. The molecule has 1 saturated heterocycles. The summed E-state index contributed by atoms with van der Waals surface area (Å²) in [5.41, 5.74) is 7.08. The molecule has 0 unspecified atom stereocenters. The van der Waals surface area contributed by atoms with Gasteiger partial charge in [-0.15, -0.1) is 0 Å². The molecule has 2 aliphatic rings. The molecule has 2 aromatic rings. The maximum atomic E-state index is 12.6. The Kier molecular flexibility index (Phi) is 5.97. The number of benzene rings is 2. The van der Waals surface area contributed by atoms with Crippen molar-refractivity contribution in [2.45, 2.75) is 72.4 Å². The van der Waals surface area contributed by atoms with E-state index in [9.17, 15) is 4.79 Å². The van der Waals surface area contributed by atoms with Crippen LogP contribution in [0.15, 0.2) is 46.3 Å². The quantitative estimate of drug-likeness (QED) is 0.533. The summed E-state index contributed by atoms with van der Waals surface area (Å²) in [6.45, 7) is 15.6. The van der Waals surface area contributed by atoms with E-state index in [0.717, 1.165) is 23.2 Å². The summed E-state index contributed by atoms with van der Waals surface area (Å²) >= 11 is 1.41. The number of hydrogen-bond donors (Lipinski definition) is 1. The largest absolute Gasteiger partial charge is 0.364 e. The van der Waals surface area contributed by atoms with Crippen molar-refractivity contribution in [2.24, 2.45) is 4.99 Å². The monoisotopic (exact) mass is 447 g/mol. The highest BCUT2D eigenvalue weighted by Crippen LogP contribution is 2.45. The van der Waals surface area contributed by atoms with E-state index in [1.165, 1.54) is 28.6 Å². The topological polar surface area (TPSA) is 44.7 Å². The fourth-order valence-electron chi connectivity index (χ4n) is 5.14. The van der Waals surface area contributed by atoms with Crippen molar-refractivity contribution in [1.82, 2.24) is 5.32 Å². The van der Waals surface area contributed by atoms with E-state index in [2.05, 4.69) is 87.9 Å². The molecule has 0 spiro atoms. The van der Waals surface area contributed by atoms with Crippen LogP contribution in [0, 0.1) is 13.8 Å². The van der Waals surface area contributed by atoms with Crippen molar-refractivity contribution in [2.75, 3.05) is 4.90 Å². The second-order valence-electron chi connectivity index (χ2n) is 9.90. The molecule has 32 heavy (non-hydrogen) atoms. The van der Waals surface area contributed by atoms with E-state index in [1.54, 1.807) is 0 Å². The zero-order valence-corrected chi connectivity index (χ0v) is 20.9. The van der Waals surface area contributed by atoms with Gasteiger partial charge in [0.15, 0.2) is 5.17 Å². The average Bonchev–Trinajstić information content (AvgIpc) is 3.04. The number of anilines is 1. The lowest BCUT2D eigenvalue weighted by atomic mass is 9.79. The van der Waals surface area contributed by atoms with Crippen molar-refractivity contribution in [1.29, 1.82) is 0 Å². The minimum Gasteiger partial charge on any atom is -0.364 e. The van der Waals surface area contributed by atoms with Gasteiger partial charge in [-0.1, -0.05) is 25.1 Å². The molecule has 0 saturated carbocycles. The SMILES string of the molecule is Cc1cccc(N=C2NC(=O)/C(=C/c3ccc4c(c3)[C@H](C)CC(C)(C)N4C(C)C)S2)c1C. The number of fused-ring (bicyclic) bond motifs is 1. The van der Waals surface area contributed by atoms with Gasteiger partial charge in [0.25, 0.3) is 5.91 Å². The van der Waals surface area contributed by atoms with Crippen molar-refractivity contribution in [3.8, 4) is 0 Å². The van der Waals surface area contributed by atoms with Crippen LogP contribution in [0.4, 0.5) is 11.4 Å². The summed E-state index contributed by atoms with van der Waals surface area (Å²) in [6.07, 6.45) is 3.10. The van der Waals surface area contributed by atoms with Crippen LogP contribution in [0.3, 0.4) is 0 Å². The van der Waals surface area contributed by atoms with Crippen molar-refractivity contribution < 1.29 is 4.79 Å². The number of amidine groups is 1. The normalized spacial score (nSPS) is 22.6. The summed E-state index contributed by atoms with van der Waals surface area (Å²) in [6, 6.07) is 13.1. The Morgan fingerprint density at radius 1 is 1.22 bits per heavy atom. The van der Waals surface area contributed by atoms with E-state index in [1.807, 2.05) is 18.2 Å². The van der Waals surface area contributed by atoms with Crippen LogP contribution in [0.5, 0.6) is 0 Å². The third-order valence-electron chi connectivity index (χ3n) is 6.56. The van der Waals surface area contributed by atoms with E-state index in [-0.39, 0.29) is 11.4 Å². The van der Waals surface area contributed by atoms with E-state index in [4.69, 9.17) is 0 Å². The van der Waals surface area contributed by atoms with E-state index < -0.39 is 0 Å². The summed E-state index contributed by atoms with van der Waals surface area (Å²) < 4.78 is 0. The van der Waals surface area contributed by atoms with Gasteiger partial charge in [-0.2, -0.15) is 0 Å². The third-order valence-corrected chi connectivity index (χ3v) is 7.47. The van der Waals surface area contributed by atoms with Crippen LogP contribution in [0.25, 0.3) is 6.08 Å². The second kappa shape index (κ2) is 8.43. The summed E-state index contributed by atoms with van der Waals surface area (Å²) in [5, 5.41) is 3.55. The zero-order valence-electron chi connectivity index (χ0n) is 20.1. The number of thioether (sulfide) groups is 1. The number of carbonyl (C=O) groups is 1. The van der Waals surface area contributed by atoms with E-state index in [0.29, 0.717) is 22.0 Å². The lowest BCUT2D eigenvalue weighted by Gasteiger charge is -2.50. The molecule has 1 amide bonds. The van der Waals surface area contributed by atoms with Crippen LogP contribution >= 0.6 is 11.8 Å². The molecule has 1 fully saturated rings. The lowest BCUT2D eigenvalue weighted by Crippen LogP contribution is -2.51. The Morgan fingerprint density at radius 2 is 1.97 bits per heavy atom. The van der Waals surface area contributed by atoms with Crippen LogP contribution < -0.4 is 10.2 Å². The molecule has 4 rings (SSSR count). The molecule has 2 heterocycles. The number of amides is 1. The Balaban J connectivity index is 1.64. The predicted molar refractivity (Wildman–Crippen MR) is 138 cm³/mol. The van der Waals surface area contributed by atoms with Gasteiger partial charge in [-0.25, -0.2) is 4.99 Å². The van der Waals surface area contributed by atoms with Gasteiger partial charge >= 0.3 is 0 Å². The highest BCUT2D eigenvalue weighted by molar-refractivity contribution is 8.18. The first-order valence-electron chi connectivity index (χ1n) is 11.4. The number of aryl methyl sites for hydroxylation is 1. The molecule has 5 heteroatoms. The molecule has 0 radical (unpaired) electrons. The summed E-state index contributed by atoms with van der Waals surface area (Å²) in [4.78, 5) is 20.5. The maximum absolute atomic E-state index is 12.6. The second-order valence-corrected chi connectivity index (χ2v) is 10.9. The summed E-state index contributed by atoms with van der Waals surface area (Å²) in [5.74, 6) is 0.384. The zero-order chi connectivity index (χ0) is 23.2. The van der Waals surface area contributed by atoms with Crippen molar-refractivity contribution >= 4 is 40.3 Å². The Hall–Kier alpha value is -2.53. The first-order valence-corrected chi connectivity index (χ1v) is 12.2. The molecule has 168 valence electrons. The van der Waals surface area contributed by atoms with Gasteiger partial charge in [0.2, 0.25) is 0 Å². The fraction of sp³-hybridized carbons (Fsp3) is 0.407. The Morgan fingerprint density at radius 3 is 2.69 bits per heavy atom. The minimum atomic E-state index is -0.0882. The van der Waals surface area contributed by atoms with E-state index >= 15 is 0 Å². The molecular weight excluding hydrogens is 414 g/mol. The highest BCUT2D eigenvalue weighted by atomic mass is 32.2. The van der Waals surface area contributed by atoms with Gasteiger partial charge in [0.05, 0.1) is 10.6 Å². The molecule has 1 N–H and O–H groups in total. The lowest BCUT2D eigenvalue weighted by molar-refractivity contribution is -0.115. The molecule has 0 aromatic heterocycles. The molecule has 2 aromatic carbocycles. The summed E-state index contributed by atoms with van der Waals surface area (Å²) in [7, 11) is 0. The number of hydrogen-bond acceptors (Lipinski definition) is 4. The molecule has 2 aliphatic heterocycles. The Labute approximate surface area is 196 Å². The number of rotatable bonds is 3. The first kappa shape index (κ1) is 22.7. The van der Waals surface area contributed by atoms with Gasteiger partial charge in [0, 0.05) is 17.3 Å². The van der Waals surface area contributed by atoms with Gasteiger partial charge in [-0.3, -0.25) is 4.79 Å². The fourth-order valence-corrected chi connectivity index (χ4v) is 5.97. The first-order chi connectivity index (χ1) is 15.1. The smallest absolute Gasteiger partial charge is 0.264 e. The van der Waals surface area contributed by atoms with Crippen LogP contribution in [0.2, 0.25) is 0 Å². The predicted octanol–water partition coefficient (Wildman–Crippen LogP) is 6.70. The van der Waals surface area contributed by atoms with Gasteiger partial charge in [0.1, 0.15) is 0 Å². The Bertz CT molecular complexity index is 1130. The third kappa shape index (κ3) is 4.23. The van der Waals surface area contributed by atoms with Crippen LogP contribution in [-0.4, -0.2) is 22.7 Å².